The Labute approximate surface area is 141 Å². The van der Waals surface area contributed by atoms with Crippen LogP contribution >= 0.6 is 0 Å². The van der Waals surface area contributed by atoms with Gasteiger partial charge in [0, 0.05) is 25.7 Å². The maximum Gasteiger partial charge on any atom is 0.213 e. The van der Waals surface area contributed by atoms with E-state index < -0.39 is 17.7 Å². The molecule has 2 heterocycles. The van der Waals surface area contributed by atoms with Gasteiger partial charge in [0.15, 0.2) is 0 Å². The Hall–Kier alpha value is -2.77. The van der Waals surface area contributed by atoms with E-state index >= 15 is 0 Å². The summed E-state index contributed by atoms with van der Waals surface area (Å²) in [6.07, 6.45) is 0.992. The van der Waals surface area contributed by atoms with Crippen LogP contribution in [0.2, 0.25) is 0 Å². The second-order valence-electron chi connectivity index (χ2n) is 6.59. The van der Waals surface area contributed by atoms with Crippen molar-refractivity contribution >= 4 is 5.96 Å². The number of aliphatic hydroxyl groups is 1. The van der Waals surface area contributed by atoms with Crippen molar-refractivity contribution in [3.63, 3.8) is 0 Å². The van der Waals surface area contributed by atoms with E-state index in [9.17, 15) is 10.4 Å². The van der Waals surface area contributed by atoms with E-state index in [1.54, 1.807) is 18.2 Å². The molecule has 7 heteroatoms. The molecule has 0 aromatic heterocycles. The average molecular weight is 325 g/mol. The van der Waals surface area contributed by atoms with Gasteiger partial charge in [0.2, 0.25) is 12.2 Å². The van der Waals surface area contributed by atoms with E-state index in [1.165, 1.54) is 0 Å². The number of rotatable bonds is 1. The smallest absolute Gasteiger partial charge is 0.213 e. The highest BCUT2D eigenvalue weighted by Crippen LogP contribution is 2.44. The highest BCUT2D eigenvalue weighted by Gasteiger charge is 2.47. The minimum absolute atomic E-state index is 0.436. The summed E-state index contributed by atoms with van der Waals surface area (Å²) in [7, 11) is 1.86. The summed E-state index contributed by atoms with van der Waals surface area (Å²) in [5.41, 5.74) is 0.437. The van der Waals surface area contributed by atoms with Crippen LogP contribution in [0.1, 0.15) is 31.0 Å². The molecule has 2 aliphatic heterocycles. The Bertz CT molecular complexity index is 774. The first kappa shape index (κ1) is 16.1. The molecule has 1 fully saturated rings. The second-order valence-corrected chi connectivity index (χ2v) is 6.59. The number of ether oxygens (including phenoxy) is 1. The molecule has 7 nitrogen and oxygen atoms in total. The van der Waals surface area contributed by atoms with Crippen LogP contribution in [0.15, 0.2) is 23.2 Å². The summed E-state index contributed by atoms with van der Waals surface area (Å²) < 4.78 is 5.94. The number of hydrogen-bond acceptors (Lipinski definition) is 5. The minimum Gasteiger partial charge on any atom is -0.485 e. The van der Waals surface area contributed by atoms with Gasteiger partial charge in [0.25, 0.3) is 0 Å². The highest BCUT2D eigenvalue weighted by molar-refractivity contribution is 5.83. The van der Waals surface area contributed by atoms with Crippen molar-refractivity contribution in [3.05, 3.63) is 29.3 Å². The normalized spacial score (nSPS) is 26.5. The molecule has 3 rings (SSSR count). The molecular formula is C17H19N5O2. The molecular weight excluding hydrogens is 306 g/mol. The Balaban J connectivity index is 2.14. The molecule has 0 spiro atoms. The summed E-state index contributed by atoms with van der Waals surface area (Å²) >= 11 is 0. The molecule has 2 aliphatic rings. The fourth-order valence-corrected chi connectivity index (χ4v) is 3.31. The van der Waals surface area contributed by atoms with Crippen LogP contribution in [-0.2, 0) is 0 Å². The Morgan fingerprint density at radius 2 is 2.08 bits per heavy atom. The molecule has 0 aliphatic carbocycles. The second kappa shape index (κ2) is 5.70. The summed E-state index contributed by atoms with van der Waals surface area (Å²) in [4.78, 5) is 7.71. The Morgan fingerprint density at radius 1 is 1.33 bits per heavy atom. The van der Waals surface area contributed by atoms with E-state index in [2.05, 4.69) is 11.1 Å². The van der Waals surface area contributed by atoms with Crippen molar-refractivity contribution in [1.29, 1.82) is 10.5 Å². The van der Waals surface area contributed by atoms with E-state index in [4.69, 9.17) is 10.00 Å². The van der Waals surface area contributed by atoms with Gasteiger partial charge in [-0.15, -0.1) is 4.99 Å². The van der Waals surface area contributed by atoms with Crippen molar-refractivity contribution in [2.75, 3.05) is 20.1 Å². The van der Waals surface area contributed by atoms with Gasteiger partial charge in [-0.05, 0) is 32.0 Å². The highest BCUT2D eigenvalue weighted by atomic mass is 16.5. The van der Waals surface area contributed by atoms with Gasteiger partial charge in [-0.3, -0.25) is 0 Å². The van der Waals surface area contributed by atoms with Crippen LogP contribution < -0.4 is 4.74 Å². The zero-order valence-corrected chi connectivity index (χ0v) is 13.9. The first-order chi connectivity index (χ1) is 11.4. The zero-order valence-electron chi connectivity index (χ0n) is 13.9. The molecule has 0 bridgehead atoms. The van der Waals surface area contributed by atoms with Gasteiger partial charge < -0.3 is 19.6 Å². The van der Waals surface area contributed by atoms with Gasteiger partial charge in [0.1, 0.15) is 17.5 Å². The van der Waals surface area contributed by atoms with E-state index in [1.807, 2.05) is 36.9 Å². The Kier molecular flexibility index (Phi) is 3.82. The molecule has 0 amide bonds. The summed E-state index contributed by atoms with van der Waals surface area (Å²) in [5, 5.41) is 29.1. The van der Waals surface area contributed by atoms with Crippen molar-refractivity contribution in [3.8, 4) is 18.0 Å². The van der Waals surface area contributed by atoms with Crippen LogP contribution in [0.3, 0.4) is 0 Å². The predicted octanol–water partition coefficient (Wildman–Crippen LogP) is 1.22. The standard InChI is InChI=1S/C17H19N5O2/c1-17(2)15(23)14(22-7-6-21(3)16(22)20-10-19)12-8-11(9-18)4-5-13(12)24-17/h4-5,8,14-15,23H,6-7H2,1-3H3/t14-,15+/m1/s1. The van der Waals surface area contributed by atoms with Crippen LogP contribution in [0.5, 0.6) is 5.75 Å². The van der Waals surface area contributed by atoms with Crippen LogP contribution in [0, 0.1) is 22.8 Å². The van der Waals surface area contributed by atoms with Crippen molar-refractivity contribution in [2.45, 2.75) is 31.6 Å². The molecule has 124 valence electrons. The fraction of sp³-hybridized carbons (Fsp3) is 0.471. The SMILES string of the molecule is CN1CCN([C@@H]2c3cc(C#N)ccc3OC(C)(C)[C@H]2O)C1=NC#N. The fourth-order valence-electron chi connectivity index (χ4n) is 3.31. The summed E-state index contributed by atoms with van der Waals surface area (Å²) in [6, 6.07) is 6.88. The monoisotopic (exact) mass is 325 g/mol. The maximum absolute atomic E-state index is 10.9. The molecule has 1 N–H and O–H groups in total. The van der Waals surface area contributed by atoms with Gasteiger partial charge in [-0.1, -0.05) is 0 Å². The first-order valence-corrected chi connectivity index (χ1v) is 7.74. The molecule has 2 atom stereocenters. The number of nitriles is 2. The topological polar surface area (TPSA) is 95.9 Å². The molecule has 24 heavy (non-hydrogen) atoms. The molecule has 0 saturated carbocycles. The number of fused-ring (bicyclic) bond motifs is 1. The number of hydrogen-bond donors (Lipinski definition) is 1. The summed E-state index contributed by atoms with van der Waals surface area (Å²) in [6.45, 7) is 4.99. The quantitative estimate of drug-likeness (QED) is 0.780. The lowest BCUT2D eigenvalue weighted by Crippen LogP contribution is -2.54. The number of nitrogens with zero attached hydrogens (tertiary/aromatic N) is 5. The maximum atomic E-state index is 10.9. The first-order valence-electron chi connectivity index (χ1n) is 7.74. The number of aliphatic hydroxyl groups excluding tert-OH is 1. The number of benzene rings is 1. The van der Waals surface area contributed by atoms with Gasteiger partial charge >= 0.3 is 0 Å². The molecule has 1 aromatic rings. The van der Waals surface area contributed by atoms with Crippen LogP contribution in [0.25, 0.3) is 0 Å². The molecule has 1 aromatic carbocycles. The largest absolute Gasteiger partial charge is 0.485 e. The van der Waals surface area contributed by atoms with Crippen LogP contribution in [0.4, 0.5) is 0 Å². The van der Waals surface area contributed by atoms with Gasteiger partial charge in [0.05, 0.1) is 17.7 Å². The minimum atomic E-state index is -0.839. The molecule has 0 unspecified atom stereocenters. The number of likely N-dealkylation sites (N-methyl/N-ethyl adjacent to an activating group) is 1. The predicted molar refractivity (Wildman–Crippen MR) is 87.0 cm³/mol. The third-order valence-corrected chi connectivity index (χ3v) is 4.60. The molecule has 1 saturated heterocycles. The van der Waals surface area contributed by atoms with Crippen molar-refractivity contribution < 1.29 is 9.84 Å². The number of aliphatic imine (C=N–C) groups is 1. The van der Waals surface area contributed by atoms with Gasteiger partial charge in [-0.2, -0.15) is 10.5 Å². The lowest BCUT2D eigenvalue weighted by molar-refractivity contribution is -0.0801. The van der Waals surface area contributed by atoms with E-state index in [0.717, 1.165) is 5.56 Å². The third-order valence-electron chi connectivity index (χ3n) is 4.60. The van der Waals surface area contributed by atoms with E-state index in [-0.39, 0.29) is 0 Å². The Morgan fingerprint density at radius 3 is 2.75 bits per heavy atom. The van der Waals surface area contributed by atoms with Crippen LogP contribution in [-0.4, -0.2) is 52.7 Å². The lowest BCUT2D eigenvalue weighted by Gasteiger charge is -2.45. The lowest BCUT2D eigenvalue weighted by atomic mass is 9.85. The number of guanidine groups is 1. The molecule has 0 radical (unpaired) electrons. The zero-order chi connectivity index (χ0) is 17.5. The van der Waals surface area contributed by atoms with E-state index in [0.29, 0.717) is 30.4 Å². The average Bonchev–Trinajstić information content (AvgIpc) is 2.89. The van der Waals surface area contributed by atoms with Crippen molar-refractivity contribution in [2.24, 2.45) is 4.99 Å². The van der Waals surface area contributed by atoms with Gasteiger partial charge in [-0.25, -0.2) is 0 Å². The third kappa shape index (κ3) is 2.44. The summed E-state index contributed by atoms with van der Waals surface area (Å²) in [5.74, 6) is 1.16. The van der Waals surface area contributed by atoms with Crippen molar-refractivity contribution in [1.82, 2.24) is 9.80 Å².